The van der Waals surface area contributed by atoms with Gasteiger partial charge in [0.2, 0.25) is 5.91 Å². The van der Waals surface area contributed by atoms with Gasteiger partial charge in [-0.3, -0.25) is 9.59 Å². The number of nitrogens with one attached hydrogen (secondary N) is 2. The summed E-state index contributed by atoms with van der Waals surface area (Å²) in [6.07, 6.45) is 0.941. The van der Waals surface area contributed by atoms with E-state index in [9.17, 15) is 18.8 Å². The number of rotatable bonds is 6. The van der Waals surface area contributed by atoms with Crippen LogP contribution in [0.5, 0.6) is 0 Å². The minimum absolute atomic E-state index is 0.201. The van der Waals surface area contributed by atoms with Crippen molar-refractivity contribution < 1.29 is 18.8 Å². The molecule has 2 N–H and O–H groups in total. The molecule has 2 atom stereocenters. The van der Waals surface area contributed by atoms with Crippen molar-refractivity contribution in [1.29, 1.82) is 0 Å². The Bertz CT molecular complexity index is 1330. The molecule has 3 heterocycles. The van der Waals surface area contributed by atoms with Crippen LogP contribution in [0.3, 0.4) is 0 Å². The number of fused-ring (bicyclic) bond motifs is 5. The van der Waals surface area contributed by atoms with Crippen LogP contribution < -0.4 is 5.32 Å². The molecule has 0 bridgehead atoms. The summed E-state index contributed by atoms with van der Waals surface area (Å²) in [5.74, 6) is -1.45. The molecule has 0 saturated carbocycles. The second-order valence-corrected chi connectivity index (χ2v) is 9.78. The number of H-pyrrole nitrogens is 1. The number of aromatic nitrogens is 1. The van der Waals surface area contributed by atoms with Crippen molar-refractivity contribution in [2.45, 2.75) is 45.2 Å². The van der Waals surface area contributed by atoms with E-state index < -0.39 is 29.4 Å². The Morgan fingerprint density at radius 1 is 1.14 bits per heavy atom. The first-order chi connectivity index (χ1) is 16.7. The second-order valence-electron chi connectivity index (χ2n) is 9.78. The van der Waals surface area contributed by atoms with Crippen LogP contribution in [0.15, 0.2) is 48.5 Å². The summed E-state index contributed by atoms with van der Waals surface area (Å²) in [7, 11) is 0. The van der Waals surface area contributed by atoms with Gasteiger partial charge in [0.05, 0.1) is 5.69 Å². The van der Waals surface area contributed by atoms with E-state index in [1.54, 1.807) is 30.0 Å². The molecule has 182 valence electrons. The van der Waals surface area contributed by atoms with Crippen molar-refractivity contribution in [3.63, 3.8) is 0 Å². The van der Waals surface area contributed by atoms with Crippen LogP contribution >= 0.6 is 0 Å². The van der Waals surface area contributed by atoms with Crippen LogP contribution in [0.1, 0.15) is 37.6 Å². The number of nitrogens with zero attached hydrogens (tertiary/aromatic N) is 2. The number of hydrogen-bond donors (Lipinski definition) is 2. The van der Waals surface area contributed by atoms with Gasteiger partial charge in [-0.1, -0.05) is 50.2 Å². The summed E-state index contributed by atoms with van der Waals surface area (Å²) in [6.45, 7) is 5.98. The van der Waals surface area contributed by atoms with Crippen molar-refractivity contribution in [2.24, 2.45) is 5.92 Å². The van der Waals surface area contributed by atoms with Gasteiger partial charge in [-0.15, -0.1) is 0 Å². The molecular formula is C27H29FN4O3. The highest BCUT2D eigenvalue weighted by Crippen LogP contribution is 2.45. The van der Waals surface area contributed by atoms with Gasteiger partial charge in [-0.25, -0.2) is 14.1 Å². The zero-order valence-corrected chi connectivity index (χ0v) is 20.1. The molecule has 0 aliphatic carbocycles. The fourth-order valence-corrected chi connectivity index (χ4v) is 5.51. The fourth-order valence-electron chi connectivity index (χ4n) is 5.51. The highest BCUT2D eigenvalue weighted by Gasteiger charge is 2.61. The molecule has 5 rings (SSSR count). The molecule has 2 aliphatic heterocycles. The molecule has 35 heavy (non-hydrogen) atoms. The van der Waals surface area contributed by atoms with Gasteiger partial charge in [0.25, 0.3) is 5.91 Å². The number of para-hydroxylation sites is 1. The Kier molecular flexibility index (Phi) is 5.62. The lowest BCUT2D eigenvalue weighted by Crippen LogP contribution is -2.53. The van der Waals surface area contributed by atoms with E-state index in [4.69, 9.17) is 0 Å². The highest BCUT2D eigenvalue weighted by molar-refractivity contribution is 6.11. The Morgan fingerprint density at radius 3 is 2.60 bits per heavy atom. The van der Waals surface area contributed by atoms with Gasteiger partial charge in [0.1, 0.15) is 11.9 Å². The highest BCUT2D eigenvalue weighted by atomic mass is 19.1. The molecule has 1 fully saturated rings. The Morgan fingerprint density at radius 2 is 1.86 bits per heavy atom. The first-order valence-corrected chi connectivity index (χ1v) is 12.0. The number of imide groups is 1. The number of urea groups is 1. The summed E-state index contributed by atoms with van der Waals surface area (Å²) >= 11 is 0. The molecule has 0 radical (unpaired) electrons. The third kappa shape index (κ3) is 3.50. The summed E-state index contributed by atoms with van der Waals surface area (Å²) in [5, 5.41) is 3.86. The second kappa shape index (κ2) is 8.52. The normalized spacial score (nSPS) is 20.4. The van der Waals surface area contributed by atoms with Gasteiger partial charge in [-0.05, 0) is 48.9 Å². The van der Waals surface area contributed by atoms with Gasteiger partial charge >= 0.3 is 6.03 Å². The van der Waals surface area contributed by atoms with Gasteiger partial charge in [0, 0.05) is 24.0 Å². The zero-order chi connectivity index (χ0) is 24.9. The standard InChI is InChI=1S/C27H29FN4O3/c1-16(2)22(24(33)29-14-12-17-8-4-6-10-20(17)28)32-25(34)27(3)23-19(13-15-31(27)26(32)35)18-9-5-7-11-21(18)30-23/h4-11,16,22,30H,12-15H2,1-3H3,(H,29,33). The number of benzene rings is 2. The van der Waals surface area contributed by atoms with Gasteiger partial charge in [-0.2, -0.15) is 0 Å². The third-order valence-corrected chi connectivity index (χ3v) is 7.33. The number of carbonyl (C=O) groups excluding carboxylic acids is 3. The molecule has 0 spiro atoms. The van der Waals surface area contributed by atoms with Gasteiger partial charge in [0.15, 0.2) is 5.54 Å². The monoisotopic (exact) mass is 476 g/mol. The van der Waals surface area contributed by atoms with Crippen LogP contribution in [-0.4, -0.2) is 51.8 Å². The van der Waals surface area contributed by atoms with Crippen LogP contribution in [0.25, 0.3) is 10.9 Å². The van der Waals surface area contributed by atoms with Crippen LogP contribution in [-0.2, 0) is 28.0 Å². The molecule has 3 aromatic rings. The minimum Gasteiger partial charge on any atom is -0.356 e. The lowest BCUT2D eigenvalue weighted by atomic mass is 9.86. The minimum atomic E-state index is -1.20. The summed E-state index contributed by atoms with van der Waals surface area (Å²) in [5.41, 5.74) is 1.97. The smallest absolute Gasteiger partial charge is 0.328 e. The quantitative estimate of drug-likeness (QED) is 0.532. The number of amides is 4. The average molecular weight is 477 g/mol. The van der Waals surface area contributed by atoms with Crippen molar-refractivity contribution in [1.82, 2.24) is 20.1 Å². The van der Waals surface area contributed by atoms with Crippen molar-refractivity contribution in [3.8, 4) is 0 Å². The lowest BCUT2D eigenvalue weighted by Gasteiger charge is -2.36. The average Bonchev–Trinajstić information content (AvgIpc) is 3.30. The SMILES string of the molecule is CC(C)C(C(=O)NCCc1ccccc1F)N1C(=O)N2CCc3c([nH]c4ccccc34)C2(C)C1=O. The predicted octanol–water partition coefficient (Wildman–Crippen LogP) is 3.73. The molecule has 2 aliphatic rings. The van der Waals surface area contributed by atoms with Crippen LogP contribution in [0.4, 0.5) is 9.18 Å². The van der Waals surface area contributed by atoms with Crippen molar-refractivity contribution in [2.75, 3.05) is 13.1 Å². The van der Waals surface area contributed by atoms with E-state index >= 15 is 0 Å². The zero-order valence-electron chi connectivity index (χ0n) is 20.1. The van der Waals surface area contributed by atoms with Crippen LogP contribution in [0, 0.1) is 11.7 Å². The first-order valence-electron chi connectivity index (χ1n) is 12.0. The summed E-state index contributed by atoms with van der Waals surface area (Å²) in [6, 6.07) is 12.9. The Labute approximate surface area is 203 Å². The predicted molar refractivity (Wildman–Crippen MR) is 130 cm³/mol. The molecule has 2 unspecified atom stereocenters. The molecular weight excluding hydrogens is 447 g/mol. The largest absolute Gasteiger partial charge is 0.356 e. The van der Waals surface area contributed by atoms with E-state index in [2.05, 4.69) is 10.3 Å². The topological polar surface area (TPSA) is 85.5 Å². The van der Waals surface area contributed by atoms with E-state index in [0.717, 1.165) is 21.4 Å². The molecule has 8 heteroatoms. The number of hydrogen-bond acceptors (Lipinski definition) is 3. The van der Waals surface area contributed by atoms with Crippen molar-refractivity contribution >= 4 is 28.7 Å². The molecule has 1 saturated heterocycles. The summed E-state index contributed by atoms with van der Waals surface area (Å²) in [4.78, 5) is 46.8. The number of carbonyl (C=O) groups is 3. The van der Waals surface area contributed by atoms with E-state index in [1.165, 1.54) is 6.07 Å². The summed E-state index contributed by atoms with van der Waals surface area (Å²) < 4.78 is 13.9. The maximum absolute atomic E-state index is 13.9. The molecule has 7 nitrogen and oxygen atoms in total. The number of aromatic amines is 1. The molecule has 1 aromatic heterocycles. The number of halogens is 1. The first kappa shape index (κ1) is 23.1. The van der Waals surface area contributed by atoms with Gasteiger partial charge < -0.3 is 15.2 Å². The van der Waals surface area contributed by atoms with E-state index in [1.807, 2.05) is 38.1 Å². The molecule has 4 amide bonds. The maximum Gasteiger partial charge on any atom is 0.328 e. The third-order valence-electron chi connectivity index (χ3n) is 7.33. The van der Waals surface area contributed by atoms with Crippen molar-refractivity contribution in [3.05, 3.63) is 71.2 Å². The Hall–Kier alpha value is -3.68. The van der Waals surface area contributed by atoms with Crippen LogP contribution in [0.2, 0.25) is 0 Å². The maximum atomic E-state index is 13.9. The van der Waals surface area contributed by atoms with E-state index in [-0.39, 0.29) is 18.3 Å². The lowest BCUT2D eigenvalue weighted by molar-refractivity contribution is -0.140. The van der Waals surface area contributed by atoms with E-state index in [0.29, 0.717) is 30.6 Å². The fraction of sp³-hybridized carbons (Fsp3) is 0.370. The Balaban J connectivity index is 1.42. The molecule has 2 aromatic carbocycles.